The molecule has 0 unspecified atom stereocenters. The first-order valence-electron chi connectivity index (χ1n) is 9.55. The molecular weight excluding hydrogens is 406 g/mol. The Hall–Kier alpha value is -3.20. The summed E-state index contributed by atoms with van der Waals surface area (Å²) in [5.74, 6) is -1.97. The Balaban J connectivity index is 1.58. The molecule has 0 aromatic heterocycles. The molecule has 0 radical (unpaired) electrons. The van der Waals surface area contributed by atoms with Crippen LogP contribution in [0, 0.1) is 0 Å². The van der Waals surface area contributed by atoms with Crippen LogP contribution in [0.25, 0.3) is 0 Å². The average Bonchev–Trinajstić information content (AvgIpc) is 3.18. The number of hydrogen-bond acceptors (Lipinski definition) is 5. The van der Waals surface area contributed by atoms with E-state index >= 15 is 0 Å². The Morgan fingerprint density at radius 3 is 2.53 bits per heavy atom. The normalized spacial score (nSPS) is 12.8. The number of carbonyl (C=O) groups is 3. The van der Waals surface area contributed by atoms with Crippen molar-refractivity contribution in [3.63, 3.8) is 0 Å². The fourth-order valence-electron chi connectivity index (χ4n) is 3.32. The highest BCUT2D eigenvalue weighted by Crippen LogP contribution is 2.25. The fraction of sp³-hybridized carbons (Fsp3) is 0.286. The van der Waals surface area contributed by atoms with Crippen LogP contribution in [0.3, 0.4) is 0 Å². The predicted octanol–water partition coefficient (Wildman–Crippen LogP) is 1.19. The van der Waals surface area contributed by atoms with Crippen molar-refractivity contribution in [3.8, 4) is 0 Å². The van der Waals surface area contributed by atoms with Crippen molar-refractivity contribution in [3.05, 3.63) is 59.2 Å². The Kier molecular flexibility index (Phi) is 6.51. The van der Waals surface area contributed by atoms with Crippen LogP contribution in [0.2, 0.25) is 0 Å². The summed E-state index contributed by atoms with van der Waals surface area (Å²) in [4.78, 5) is 35.2. The van der Waals surface area contributed by atoms with Crippen LogP contribution in [0.1, 0.15) is 34.3 Å². The van der Waals surface area contributed by atoms with Gasteiger partial charge in [-0.05, 0) is 60.7 Å². The SMILES string of the molecule is NC(=O)CNC(=O)c1cccc(NC(=O)CCS(=O)(=O)c2ccc3c(c2)CCC3)c1. The van der Waals surface area contributed by atoms with Gasteiger partial charge in [-0.3, -0.25) is 14.4 Å². The van der Waals surface area contributed by atoms with Crippen LogP contribution in [0.5, 0.6) is 0 Å². The second-order valence-electron chi connectivity index (χ2n) is 7.13. The van der Waals surface area contributed by atoms with Gasteiger partial charge in [-0.25, -0.2) is 8.42 Å². The van der Waals surface area contributed by atoms with Crippen molar-refractivity contribution in [1.29, 1.82) is 0 Å². The van der Waals surface area contributed by atoms with E-state index < -0.39 is 27.6 Å². The maximum Gasteiger partial charge on any atom is 0.251 e. The standard InChI is InChI=1S/C21H23N3O5S/c22-19(25)13-23-21(27)16-5-2-6-17(11-16)24-20(26)9-10-30(28,29)18-8-7-14-3-1-4-15(14)12-18/h2,5-8,11-12H,1,3-4,9-10,13H2,(H2,22,25)(H,23,27)(H,24,26). The van der Waals surface area contributed by atoms with Crippen molar-refractivity contribution >= 4 is 33.2 Å². The molecule has 0 heterocycles. The number of nitrogens with one attached hydrogen (secondary N) is 2. The van der Waals surface area contributed by atoms with Crippen molar-refractivity contribution in [2.24, 2.45) is 5.73 Å². The Morgan fingerprint density at radius 1 is 1.00 bits per heavy atom. The van der Waals surface area contributed by atoms with Gasteiger partial charge in [-0.15, -0.1) is 0 Å². The molecule has 2 aromatic rings. The van der Waals surface area contributed by atoms with Gasteiger partial charge >= 0.3 is 0 Å². The molecule has 1 aliphatic carbocycles. The molecule has 30 heavy (non-hydrogen) atoms. The van der Waals surface area contributed by atoms with Crippen molar-refractivity contribution in [2.75, 3.05) is 17.6 Å². The zero-order valence-electron chi connectivity index (χ0n) is 16.3. The highest BCUT2D eigenvalue weighted by atomic mass is 32.2. The molecule has 4 N–H and O–H groups in total. The van der Waals surface area contributed by atoms with Gasteiger partial charge in [-0.1, -0.05) is 12.1 Å². The second-order valence-corrected chi connectivity index (χ2v) is 9.24. The molecule has 0 aliphatic heterocycles. The van der Waals surface area contributed by atoms with Crippen molar-refractivity contribution in [2.45, 2.75) is 30.6 Å². The maximum atomic E-state index is 12.6. The minimum absolute atomic E-state index is 0.211. The van der Waals surface area contributed by atoms with Crippen LogP contribution < -0.4 is 16.4 Å². The molecule has 9 heteroatoms. The number of benzene rings is 2. The Labute approximate surface area is 174 Å². The third-order valence-corrected chi connectivity index (χ3v) is 6.57. The van der Waals surface area contributed by atoms with Crippen LogP contribution in [-0.4, -0.2) is 38.4 Å². The molecule has 0 saturated heterocycles. The summed E-state index contributed by atoms with van der Waals surface area (Å²) in [5.41, 5.74) is 7.83. The molecule has 3 amide bonds. The first kappa shape index (κ1) is 21.5. The van der Waals surface area contributed by atoms with E-state index in [9.17, 15) is 22.8 Å². The maximum absolute atomic E-state index is 12.6. The number of sulfone groups is 1. The lowest BCUT2D eigenvalue weighted by Gasteiger charge is -2.09. The molecule has 2 aromatic carbocycles. The van der Waals surface area contributed by atoms with Crippen molar-refractivity contribution < 1.29 is 22.8 Å². The van der Waals surface area contributed by atoms with E-state index in [1.807, 2.05) is 6.07 Å². The van der Waals surface area contributed by atoms with Gasteiger partial charge in [0.05, 0.1) is 17.2 Å². The molecule has 0 saturated carbocycles. The smallest absolute Gasteiger partial charge is 0.251 e. The van der Waals surface area contributed by atoms with Crippen LogP contribution in [0.15, 0.2) is 47.4 Å². The van der Waals surface area contributed by atoms with Gasteiger partial charge in [0, 0.05) is 17.7 Å². The summed E-state index contributed by atoms with van der Waals surface area (Å²) < 4.78 is 25.2. The monoisotopic (exact) mass is 429 g/mol. The van der Waals surface area contributed by atoms with E-state index in [1.165, 1.54) is 17.7 Å². The quantitative estimate of drug-likeness (QED) is 0.579. The van der Waals surface area contributed by atoms with E-state index in [4.69, 9.17) is 5.73 Å². The number of aryl methyl sites for hydroxylation is 2. The average molecular weight is 429 g/mol. The van der Waals surface area contributed by atoms with E-state index in [0.29, 0.717) is 5.69 Å². The summed E-state index contributed by atoms with van der Waals surface area (Å²) in [6.07, 6.45) is 2.67. The van der Waals surface area contributed by atoms with Gasteiger partial charge < -0.3 is 16.4 Å². The van der Waals surface area contributed by atoms with Gasteiger partial charge in [0.1, 0.15) is 0 Å². The summed E-state index contributed by atoms with van der Waals surface area (Å²) >= 11 is 0. The molecular formula is C21H23N3O5S. The lowest BCUT2D eigenvalue weighted by molar-refractivity contribution is -0.117. The molecule has 0 atom stereocenters. The number of carbonyl (C=O) groups excluding carboxylic acids is 3. The lowest BCUT2D eigenvalue weighted by atomic mass is 10.1. The lowest BCUT2D eigenvalue weighted by Crippen LogP contribution is -2.33. The minimum Gasteiger partial charge on any atom is -0.368 e. The number of hydrogen-bond donors (Lipinski definition) is 3. The molecule has 158 valence electrons. The van der Waals surface area contributed by atoms with E-state index in [0.717, 1.165) is 24.8 Å². The number of rotatable bonds is 8. The number of anilines is 1. The molecule has 0 bridgehead atoms. The van der Waals surface area contributed by atoms with Crippen LogP contribution >= 0.6 is 0 Å². The zero-order chi connectivity index (χ0) is 21.7. The molecule has 1 aliphatic rings. The highest BCUT2D eigenvalue weighted by Gasteiger charge is 2.20. The highest BCUT2D eigenvalue weighted by molar-refractivity contribution is 7.91. The van der Waals surface area contributed by atoms with Gasteiger partial charge in [0.25, 0.3) is 5.91 Å². The van der Waals surface area contributed by atoms with E-state index in [-0.39, 0.29) is 29.2 Å². The van der Waals surface area contributed by atoms with E-state index in [1.54, 1.807) is 24.3 Å². The van der Waals surface area contributed by atoms with Gasteiger partial charge in [0.2, 0.25) is 11.8 Å². The fourth-order valence-corrected chi connectivity index (χ4v) is 4.60. The summed E-state index contributed by atoms with van der Waals surface area (Å²) in [5, 5.41) is 4.95. The Bertz CT molecular complexity index is 1100. The number of fused-ring (bicyclic) bond motifs is 1. The second kappa shape index (κ2) is 9.08. The summed E-state index contributed by atoms with van der Waals surface area (Å²) in [6.45, 7) is -0.296. The number of primary amides is 1. The third-order valence-electron chi connectivity index (χ3n) is 4.86. The first-order chi connectivity index (χ1) is 14.2. The summed E-state index contributed by atoms with van der Waals surface area (Å²) in [7, 11) is -3.58. The van der Waals surface area contributed by atoms with Crippen molar-refractivity contribution in [1.82, 2.24) is 5.32 Å². The minimum atomic E-state index is -3.58. The molecule has 3 rings (SSSR count). The van der Waals surface area contributed by atoms with Gasteiger partial charge in [-0.2, -0.15) is 0 Å². The molecule has 0 fully saturated rings. The van der Waals surface area contributed by atoms with Gasteiger partial charge in [0.15, 0.2) is 9.84 Å². The Morgan fingerprint density at radius 2 is 1.77 bits per heavy atom. The molecule has 0 spiro atoms. The number of amides is 3. The van der Waals surface area contributed by atoms with Crippen LogP contribution in [0.4, 0.5) is 5.69 Å². The van der Waals surface area contributed by atoms with Crippen LogP contribution in [-0.2, 0) is 32.3 Å². The zero-order valence-corrected chi connectivity index (χ0v) is 17.1. The summed E-state index contributed by atoms with van der Waals surface area (Å²) in [6, 6.07) is 11.3. The first-order valence-corrected chi connectivity index (χ1v) is 11.2. The third kappa shape index (κ3) is 5.44. The predicted molar refractivity (Wildman–Crippen MR) is 112 cm³/mol. The molecule has 8 nitrogen and oxygen atoms in total. The largest absolute Gasteiger partial charge is 0.368 e. The van der Waals surface area contributed by atoms with E-state index in [2.05, 4.69) is 10.6 Å². The number of nitrogens with two attached hydrogens (primary N) is 1. The topological polar surface area (TPSA) is 135 Å².